The van der Waals surface area contributed by atoms with Gasteiger partial charge in [0.15, 0.2) is 0 Å². The molecule has 150 valence electrons. The van der Waals surface area contributed by atoms with E-state index in [4.69, 9.17) is 4.74 Å². The second-order valence-electron chi connectivity index (χ2n) is 7.95. The van der Waals surface area contributed by atoms with Crippen molar-refractivity contribution in [3.8, 4) is 5.75 Å². The molecule has 1 aromatic carbocycles. The van der Waals surface area contributed by atoms with E-state index in [2.05, 4.69) is 5.32 Å². The lowest BCUT2D eigenvalue weighted by molar-refractivity contribution is -0.117. The van der Waals surface area contributed by atoms with Crippen LogP contribution in [0.5, 0.6) is 5.75 Å². The molecular formula is C22H29N3O3. The fraction of sp³-hybridized carbons (Fsp3) is 0.545. The number of benzene rings is 1. The van der Waals surface area contributed by atoms with E-state index >= 15 is 0 Å². The van der Waals surface area contributed by atoms with Gasteiger partial charge in [-0.15, -0.1) is 0 Å². The van der Waals surface area contributed by atoms with Crippen LogP contribution in [0.3, 0.4) is 0 Å². The summed E-state index contributed by atoms with van der Waals surface area (Å²) < 4.78 is 7.32. The topological polar surface area (TPSA) is 63.6 Å². The van der Waals surface area contributed by atoms with Crippen molar-refractivity contribution in [2.45, 2.75) is 57.4 Å². The summed E-state index contributed by atoms with van der Waals surface area (Å²) in [4.78, 5) is 27.7. The van der Waals surface area contributed by atoms with Gasteiger partial charge < -0.3 is 19.5 Å². The molecule has 2 aromatic rings. The van der Waals surface area contributed by atoms with Crippen molar-refractivity contribution in [2.24, 2.45) is 7.05 Å². The molecular weight excluding hydrogens is 354 g/mol. The zero-order valence-electron chi connectivity index (χ0n) is 16.8. The Hall–Kier alpha value is -2.50. The molecule has 1 N–H and O–H groups in total. The van der Waals surface area contributed by atoms with Gasteiger partial charge in [-0.25, -0.2) is 0 Å². The van der Waals surface area contributed by atoms with E-state index in [1.807, 2.05) is 29.8 Å². The number of nitrogens with zero attached hydrogens (tertiary/aromatic N) is 2. The Labute approximate surface area is 165 Å². The van der Waals surface area contributed by atoms with Gasteiger partial charge in [-0.1, -0.05) is 25.7 Å². The SMILES string of the molecule is COc1ccc2c(c1)c(N1CCCC1=O)c(C(=O)NC1CCCCCC1)n2C. The summed E-state index contributed by atoms with van der Waals surface area (Å²) in [6.45, 7) is 0.652. The van der Waals surface area contributed by atoms with E-state index in [0.717, 1.165) is 54.4 Å². The molecule has 6 nitrogen and oxygen atoms in total. The van der Waals surface area contributed by atoms with E-state index in [1.54, 1.807) is 12.0 Å². The molecule has 0 radical (unpaired) electrons. The molecule has 0 atom stereocenters. The normalized spacial score (nSPS) is 18.5. The summed E-state index contributed by atoms with van der Waals surface area (Å²) in [5.41, 5.74) is 2.23. The third kappa shape index (κ3) is 3.36. The van der Waals surface area contributed by atoms with Gasteiger partial charge >= 0.3 is 0 Å². The molecule has 2 amide bonds. The van der Waals surface area contributed by atoms with Gasteiger partial charge in [0.1, 0.15) is 11.4 Å². The van der Waals surface area contributed by atoms with Crippen LogP contribution in [0.25, 0.3) is 10.9 Å². The summed E-state index contributed by atoms with van der Waals surface area (Å²) in [6, 6.07) is 5.99. The zero-order chi connectivity index (χ0) is 19.7. The fourth-order valence-corrected chi connectivity index (χ4v) is 4.63. The molecule has 1 saturated carbocycles. The lowest BCUT2D eigenvalue weighted by Crippen LogP contribution is -2.37. The Bertz CT molecular complexity index is 894. The van der Waals surface area contributed by atoms with Gasteiger partial charge in [-0.3, -0.25) is 9.59 Å². The predicted molar refractivity (Wildman–Crippen MR) is 110 cm³/mol. The number of rotatable bonds is 4. The largest absolute Gasteiger partial charge is 0.497 e. The lowest BCUT2D eigenvalue weighted by Gasteiger charge is -2.20. The molecule has 0 bridgehead atoms. The van der Waals surface area contributed by atoms with Gasteiger partial charge in [-0.05, 0) is 37.5 Å². The van der Waals surface area contributed by atoms with E-state index in [9.17, 15) is 9.59 Å². The van der Waals surface area contributed by atoms with Crippen molar-refractivity contribution < 1.29 is 14.3 Å². The molecule has 1 aliphatic carbocycles. The molecule has 2 heterocycles. The van der Waals surface area contributed by atoms with Crippen LogP contribution in [0, 0.1) is 0 Å². The molecule has 0 unspecified atom stereocenters. The van der Waals surface area contributed by atoms with Crippen LogP contribution in [-0.2, 0) is 11.8 Å². The first kappa shape index (κ1) is 18.8. The Kier molecular flexibility index (Phi) is 5.29. The van der Waals surface area contributed by atoms with Crippen molar-refractivity contribution in [2.75, 3.05) is 18.6 Å². The third-order valence-electron chi connectivity index (χ3n) is 6.13. The minimum Gasteiger partial charge on any atom is -0.497 e. The summed E-state index contributed by atoms with van der Waals surface area (Å²) in [5, 5.41) is 4.15. The van der Waals surface area contributed by atoms with E-state index in [-0.39, 0.29) is 17.9 Å². The first-order chi connectivity index (χ1) is 13.6. The molecule has 1 aliphatic heterocycles. The summed E-state index contributed by atoms with van der Waals surface area (Å²) >= 11 is 0. The summed E-state index contributed by atoms with van der Waals surface area (Å²) in [7, 11) is 3.53. The second-order valence-corrected chi connectivity index (χ2v) is 7.95. The van der Waals surface area contributed by atoms with Crippen LogP contribution in [-0.4, -0.2) is 36.1 Å². The number of anilines is 1. The van der Waals surface area contributed by atoms with Gasteiger partial charge in [0, 0.05) is 31.4 Å². The van der Waals surface area contributed by atoms with Gasteiger partial charge in [0.05, 0.1) is 18.3 Å². The number of aryl methyl sites for hydroxylation is 1. The van der Waals surface area contributed by atoms with E-state index < -0.39 is 0 Å². The number of carbonyl (C=O) groups excluding carboxylic acids is 2. The Morgan fingerprint density at radius 1 is 1.14 bits per heavy atom. The fourth-order valence-electron chi connectivity index (χ4n) is 4.63. The van der Waals surface area contributed by atoms with E-state index in [0.29, 0.717) is 18.7 Å². The number of amides is 2. The second kappa shape index (κ2) is 7.86. The standard InChI is InChI=1S/C22H29N3O3/c1-24-18-12-11-16(28-2)14-17(18)20(25-13-7-10-19(25)26)21(24)22(27)23-15-8-5-3-4-6-9-15/h11-12,14-15H,3-10,13H2,1-2H3,(H,23,27). The van der Waals surface area contributed by atoms with Gasteiger partial charge in [-0.2, -0.15) is 0 Å². The quantitative estimate of drug-likeness (QED) is 0.818. The molecule has 0 spiro atoms. The first-order valence-electron chi connectivity index (χ1n) is 10.4. The highest BCUT2D eigenvalue weighted by Crippen LogP contribution is 2.38. The van der Waals surface area contributed by atoms with Crippen LogP contribution in [0.2, 0.25) is 0 Å². The minimum absolute atomic E-state index is 0.0823. The van der Waals surface area contributed by atoms with Crippen molar-refractivity contribution in [3.05, 3.63) is 23.9 Å². The van der Waals surface area contributed by atoms with Crippen LogP contribution < -0.4 is 15.0 Å². The average molecular weight is 383 g/mol. The molecule has 6 heteroatoms. The maximum atomic E-state index is 13.4. The number of carbonyl (C=O) groups is 2. The monoisotopic (exact) mass is 383 g/mol. The number of aromatic nitrogens is 1. The van der Waals surface area contributed by atoms with Crippen molar-refractivity contribution in [1.29, 1.82) is 0 Å². The van der Waals surface area contributed by atoms with Crippen molar-refractivity contribution in [1.82, 2.24) is 9.88 Å². The molecule has 1 aromatic heterocycles. The maximum absolute atomic E-state index is 13.4. The number of methoxy groups -OCH3 is 1. The lowest BCUT2D eigenvalue weighted by atomic mass is 10.1. The maximum Gasteiger partial charge on any atom is 0.270 e. The Morgan fingerprint density at radius 3 is 2.54 bits per heavy atom. The molecule has 4 rings (SSSR count). The smallest absolute Gasteiger partial charge is 0.270 e. The Morgan fingerprint density at radius 2 is 1.89 bits per heavy atom. The minimum atomic E-state index is -0.0840. The Balaban J connectivity index is 1.78. The summed E-state index contributed by atoms with van der Waals surface area (Å²) in [6.07, 6.45) is 8.22. The number of hydrogen-bond donors (Lipinski definition) is 1. The van der Waals surface area contributed by atoms with Crippen LogP contribution in [0.15, 0.2) is 18.2 Å². The first-order valence-corrected chi connectivity index (χ1v) is 10.4. The highest BCUT2D eigenvalue weighted by molar-refractivity contribution is 6.14. The third-order valence-corrected chi connectivity index (χ3v) is 6.13. The van der Waals surface area contributed by atoms with Crippen LogP contribution in [0.1, 0.15) is 61.9 Å². The number of nitrogens with one attached hydrogen (secondary N) is 1. The molecule has 2 fully saturated rings. The molecule has 2 aliphatic rings. The van der Waals surface area contributed by atoms with E-state index in [1.165, 1.54) is 12.8 Å². The zero-order valence-corrected chi connectivity index (χ0v) is 16.8. The highest BCUT2D eigenvalue weighted by atomic mass is 16.5. The number of ether oxygens (including phenoxy) is 1. The highest BCUT2D eigenvalue weighted by Gasteiger charge is 2.32. The van der Waals surface area contributed by atoms with Crippen molar-refractivity contribution >= 4 is 28.4 Å². The van der Waals surface area contributed by atoms with Gasteiger partial charge in [0.2, 0.25) is 5.91 Å². The summed E-state index contributed by atoms with van der Waals surface area (Å²) in [5.74, 6) is 0.722. The molecule has 28 heavy (non-hydrogen) atoms. The van der Waals surface area contributed by atoms with Crippen molar-refractivity contribution in [3.63, 3.8) is 0 Å². The van der Waals surface area contributed by atoms with Crippen LogP contribution in [0.4, 0.5) is 5.69 Å². The number of fused-ring (bicyclic) bond motifs is 1. The number of hydrogen-bond acceptors (Lipinski definition) is 3. The van der Waals surface area contributed by atoms with Crippen LogP contribution >= 0.6 is 0 Å². The average Bonchev–Trinajstić information content (AvgIpc) is 3.11. The molecule has 1 saturated heterocycles. The predicted octanol–water partition coefficient (Wildman–Crippen LogP) is 3.77. The van der Waals surface area contributed by atoms with Gasteiger partial charge in [0.25, 0.3) is 5.91 Å².